The molecule has 0 radical (unpaired) electrons. The Morgan fingerprint density at radius 3 is 2.29 bits per heavy atom. The lowest BCUT2D eigenvalue weighted by molar-refractivity contribution is -0.119. The number of likely N-dealkylation sites (tertiary alicyclic amines) is 1. The topological polar surface area (TPSA) is 90.5 Å². The summed E-state index contributed by atoms with van der Waals surface area (Å²) < 4.78 is 0. The molecule has 1 heterocycles. The standard InChI is InChI=1S/C20H21ClN4O3/c1-13(26)22-15-7-9-16(10-8-15)23-19(27)18-6-3-11-25(18)20(28)24-17-5-2-4-14(21)12-17/h2,4-5,7-10,12,18H,3,6,11H2,1H3,(H,22,26)(H,23,27)(H,24,28)/t18-/m1/s1. The second kappa shape index (κ2) is 8.75. The second-order valence-corrected chi connectivity index (χ2v) is 6.98. The first-order valence-electron chi connectivity index (χ1n) is 8.94. The zero-order valence-corrected chi connectivity index (χ0v) is 16.1. The van der Waals surface area contributed by atoms with E-state index in [-0.39, 0.29) is 17.8 Å². The van der Waals surface area contributed by atoms with Crippen molar-refractivity contribution in [3.8, 4) is 0 Å². The maximum Gasteiger partial charge on any atom is 0.322 e. The van der Waals surface area contributed by atoms with Crippen LogP contribution in [0.3, 0.4) is 0 Å². The number of amides is 4. The van der Waals surface area contributed by atoms with E-state index in [0.717, 1.165) is 6.42 Å². The summed E-state index contributed by atoms with van der Waals surface area (Å²) in [4.78, 5) is 37.9. The number of carbonyl (C=O) groups excluding carboxylic acids is 3. The number of carbonyl (C=O) groups is 3. The molecule has 3 N–H and O–H groups in total. The summed E-state index contributed by atoms with van der Waals surface area (Å²) in [6.45, 7) is 1.94. The molecule has 0 aliphatic carbocycles. The number of nitrogens with one attached hydrogen (secondary N) is 3. The molecule has 0 unspecified atom stereocenters. The van der Waals surface area contributed by atoms with Gasteiger partial charge in [-0.25, -0.2) is 4.79 Å². The minimum Gasteiger partial charge on any atom is -0.326 e. The highest BCUT2D eigenvalue weighted by atomic mass is 35.5. The van der Waals surface area contributed by atoms with Crippen molar-refractivity contribution in [1.82, 2.24) is 4.90 Å². The first-order valence-corrected chi connectivity index (χ1v) is 9.32. The van der Waals surface area contributed by atoms with E-state index in [1.54, 1.807) is 48.5 Å². The Kier molecular flexibility index (Phi) is 6.16. The van der Waals surface area contributed by atoms with E-state index in [4.69, 9.17) is 11.6 Å². The Balaban J connectivity index is 1.62. The maximum absolute atomic E-state index is 12.7. The predicted molar refractivity (Wildman–Crippen MR) is 110 cm³/mol. The molecular formula is C20H21ClN4O3. The fraction of sp³-hybridized carbons (Fsp3) is 0.250. The summed E-state index contributed by atoms with van der Waals surface area (Å²) in [7, 11) is 0. The molecular weight excluding hydrogens is 380 g/mol. The summed E-state index contributed by atoms with van der Waals surface area (Å²) >= 11 is 5.94. The normalized spacial score (nSPS) is 15.8. The van der Waals surface area contributed by atoms with E-state index in [2.05, 4.69) is 16.0 Å². The summed E-state index contributed by atoms with van der Waals surface area (Å²) in [6.07, 6.45) is 1.35. The molecule has 1 aliphatic heterocycles. The fourth-order valence-corrected chi connectivity index (χ4v) is 3.30. The Bertz CT molecular complexity index is 885. The molecule has 4 amide bonds. The summed E-state index contributed by atoms with van der Waals surface area (Å²) in [5.74, 6) is -0.407. The second-order valence-electron chi connectivity index (χ2n) is 6.54. The molecule has 0 aromatic heterocycles. The van der Waals surface area contributed by atoms with Crippen LogP contribution in [0.2, 0.25) is 5.02 Å². The number of halogens is 1. The highest BCUT2D eigenvalue weighted by Crippen LogP contribution is 2.22. The van der Waals surface area contributed by atoms with Crippen LogP contribution < -0.4 is 16.0 Å². The molecule has 2 aromatic rings. The number of hydrogen-bond donors (Lipinski definition) is 3. The van der Waals surface area contributed by atoms with E-state index in [1.807, 2.05) is 0 Å². The first kappa shape index (κ1) is 19.7. The molecule has 3 rings (SSSR count). The van der Waals surface area contributed by atoms with Gasteiger partial charge in [-0.15, -0.1) is 0 Å². The lowest BCUT2D eigenvalue weighted by Gasteiger charge is -2.24. The van der Waals surface area contributed by atoms with Crippen molar-refractivity contribution in [2.24, 2.45) is 0 Å². The number of nitrogens with zero attached hydrogens (tertiary/aromatic N) is 1. The zero-order valence-electron chi connectivity index (χ0n) is 15.4. The minimum atomic E-state index is -0.547. The number of benzene rings is 2. The van der Waals surface area contributed by atoms with Crippen molar-refractivity contribution in [2.75, 3.05) is 22.5 Å². The molecule has 2 aromatic carbocycles. The van der Waals surface area contributed by atoms with Crippen LogP contribution in [0.4, 0.5) is 21.9 Å². The van der Waals surface area contributed by atoms with Gasteiger partial charge in [-0.2, -0.15) is 0 Å². The minimum absolute atomic E-state index is 0.163. The van der Waals surface area contributed by atoms with Gasteiger partial charge in [0.1, 0.15) is 6.04 Å². The molecule has 1 aliphatic rings. The molecule has 0 saturated carbocycles. The van der Waals surface area contributed by atoms with Crippen molar-refractivity contribution in [3.05, 3.63) is 53.6 Å². The molecule has 8 heteroatoms. The molecule has 0 bridgehead atoms. The van der Waals surface area contributed by atoms with Crippen molar-refractivity contribution < 1.29 is 14.4 Å². The summed E-state index contributed by atoms with van der Waals surface area (Å²) in [5, 5.41) is 8.80. The van der Waals surface area contributed by atoms with Crippen LogP contribution >= 0.6 is 11.6 Å². The molecule has 1 atom stereocenters. The van der Waals surface area contributed by atoms with Crippen LogP contribution in [0.5, 0.6) is 0 Å². The Morgan fingerprint density at radius 2 is 1.64 bits per heavy atom. The Morgan fingerprint density at radius 1 is 0.964 bits per heavy atom. The number of rotatable bonds is 4. The van der Waals surface area contributed by atoms with E-state index in [0.29, 0.717) is 35.1 Å². The summed E-state index contributed by atoms with van der Waals surface area (Å²) in [6, 6.07) is 12.8. The van der Waals surface area contributed by atoms with Crippen molar-refractivity contribution in [2.45, 2.75) is 25.8 Å². The predicted octanol–water partition coefficient (Wildman–Crippen LogP) is 3.93. The van der Waals surface area contributed by atoms with E-state index < -0.39 is 6.04 Å². The fourth-order valence-electron chi connectivity index (χ4n) is 3.11. The average Bonchev–Trinajstić information content (AvgIpc) is 3.13. The highest BCUT2D eigenvalue weighted by molar-refractivity contribution is 6.30. The van der Waals surface area contributed by atoms with Gasteiger partial charge in [0.15, 0.2) is 0 Å². The first-order chi connectivity index (χ1) is 13.4. The molecule has 1 fully saturated rings. The van der Waals surface area contributed by atoms with Gasteiger partial charge in [0.05, 0.1) is 0 Å². The van der Waals surface area contributed by atoms with Crippen LogP contribution in [0.1, 0.15) is 19.8 Å². The van der Waals surface area contributed by atoms with Gasteiger partial charge in [-0.1, -0.05) is 17.7 Å². The van der Waals surface area contributed by atoms with E-state index in [1.165, 1.54) is 11.8 Å². The molecule has 146 valence electrons. The maximum atomic E-state index is 12.7. The molecule has 28 heavy (non-hydrogen) atoms. The van der Waals surface area contributed by atoms with Crippen molar-refractivity contribution in [1.29, 1.82) is 0 Å². The van der Waals surface area contributed by atoms with Gasteiger partial charge in [-0.05, 0) is 55.3 Å². The van der Waals surface area contributed by atoms with E-state index in [9.17, 15) is 14.4 Å². The van der Waals surface area contributed by atoms with Gasteiger partial charge in [0.25, 0.3) is 0 Å². The highest BCUT2D eigenvalue weighted by Gasteiger charge is 2.34. The van der Waals surface area contributed by atoms with Crippen molar-refractivity contribution >= 4 is 46.5 Å². The van der Waals surface area contributed by atoms with Crippen LogP contribution in [-0.4, -0.2) is 35.3 Å². The van der Waals surface area contributed by atoms with E-state index >= 15 is 0 Å². The van der Waals surface area contributed by atoms with Crippen LogP contribution in [0, 0.1) is 0 Å². The third-order valence-corrected chi connectivity index (χ3v) is 4.60. The third-order valence-electron chi connectivity index (χ3n) is 4.37. The lowest BCUT2D eigenvalue weighted by atomic mass is 10.2. The average molecular weight is 401 g/mol. The Hall–Kier alpha value is -3.06. The van der Waals surface area contributed by atoms with Crippen LogP contribution in [-0.2, 0) is 9.59 Å². The SMILES string of the molecule is CC(=O)Nc1ccc(NC(=O)[C@H]2CCCN2C(=O)Nc2cccc(Cl)c2)cc1. The number of anilines is 3. The van der Waals surface area contributed by atoms with Crippen molar-refractivity contribution in [3.63, 3.8) is 0 Å². The molecule has 7 nitrogen and oxygen atoms in total. The number of hydrogen-bond acceptors (Lipinski definition) is 3. The monoisotopic (exact) mass is 400 g/mol. The smallest absolute Gasteiger partial charge is 0.322 e. The Labute approximate surface area is 168 Å². The molecule has 0 spiro atoms. The quantitative estimate of drug-likeness (QED) is 0.726. The zero-order chi connectivity index (χ0) is 20.1. The molecule has 1 saturated heterocycles. The number of urea groups is 1. The summed E-state index contributed by atoms with van der Waals surface area (Å²) in [5.41, 5.74) is 1.83. The third kappa shape index (κ3) is 5.01. The van der Waals surface area contributed by atoms with Crippen LogP contribution in [0.25, 0.3) is 0 Å². The lowest BCUT2D eigenvalue weighted by Crippen LogP contribution is -2.45. The van der Waals surface area contributed by atoms with Gasteiger partial charge < -0.3 is 20.9 Å². The van der Waals surface area contributed by atoms with Gasteiger partial charge in [-0.3, -0.25) is 9.59 Å². The van der Waals surface area contributed by atoms with Gasteiger partial charge in [0.2, 0.25) is 11.8 Å². The van der Waals surface area contributed by atoms with Gasteiger partial charge >= 0.3 is 6.03 Å². The van der Waals surface area contributed by atoms with Gasteiger partial charge in [0, 0.05) is 35.6 Å². The van der Waals surface area contributed by atoms with Crippen LogP contribution in [0.15, 0.2) is 48.5 Å². The largest absolute Gasteiger partial charge is 0.326 e.